The number of benzene rings is 3. The van der Waals surface area contributed by atoms with Gasteiger partial charge in [-0.1, -0.05) is 71.8 Å². The maximum atomic E-state index is 13.5. The molecule has 0 aliphatic heterocycles. The molecule has 0 spiro atoms. The molecule has 3 aromatic carbocycles. The van der Waals surface area contributed by atoms with Crippen LogP contribution in [0, 0.1) is 12.7 Å². The summed E-state index contributed by atoms with van der Waals surface area (Å²) in [6.07, 6.45) is 0.660. The van der Waals surface area contributed by atoms with Crippen molar-refractivity contribution in [2.45, 2.75) is 19.4 Å². The molecule has 0 radical (unpaired) electrons. The van der Waals surface area contributed by atoms with E-state index in [0.29, 0.717) is 26.4 Å². The van der Waals surface area contributed by atoms with Gasteiger partial charge in [0.25, 0.3) is 5.91 Å². The van der Waals surface area contributed by atoms with Crippen molar-refractivity contribution in [2.24, 2.45) is 0 Å². The van der Waals surface area contributed by atoms with E-state index in [-0.39, 0.29) is 17.8 Å². The van der Waals surface area contributed by atoms with Crippen molar-refractivity contribution in [3.63, 3.8) is 0 Å². The molecule has 1 atom stereocenters. The number of amides is 1. The molecule has 0 saturated carbocycles. The number of thiophene rings is 1. The first kappa shape index (κ1) is 19.6. The molecule has 1 heterocycles. The van der Waals surface area contributed by atoms with Crippen molar-refractivity contribution in [3.8, 4) is 0 Å². The van der Waals surface area contributed by atoms with Crippen LogP contribution in [0.5, 0.6) is 0 Å². The molecular formula is C24H19ClFNOS. The summed E-state index contributed by atoms with van der Waals surface area (Å²) in [4.78, 5) is 13.5. The van der Waals surface area contributed by atoms with E-state index in [4.69, 9.17) is 11.6 Å². The minimum Gasteiger partial charge on any atom is -0.344 e. The number of hydrogen-bond donors (Lipinski definition) is 1. The van der Waals surface area contributed by atoms with Crippen LogP contribution in [-0.2, 0) is 6.42 Å². The highest BCUT2D eigenvalue weighted by molar-refractivity contribution is 7.21. The lowest BCUT2D eigenvalue weighted by atomic mass is 9.98. The Morgan fingerprint density at radius 3 is 2.52 bits per heavy atom. The lowest BCUT2D eigenvalue weighted by molar-refractivity contribution is 0.0941. The fourth-order valence-corrected chi connectivity index (χ4v) is 4.75. The first-order valence-electron chi connectivity index (χ1n) is 9.30. The molecule has 0 unspecified atom stereocenters. The molecule has 0 fully saturated rings. The molecular weight excluding hydrogens is 405 g/mol. The summed E-state index contributed by atoms with van der Waals surface area (Å²) in [5, 5.41) is 4.18. The number of nitrogens with one attached hydrogen (secondary N) is 1. The number of aryl methyl sites for hydroxylation is 1. The summed E-state index contributed by atoms with van der Waals surface area (Å²) in [6.45, 7) is 2.05. The monoisotopic (exact) mass is 423 g/mol. The maximum Gasteiger partial charge on any atom is 0.263 e. The minimum absolute atomic E-state index is 0.204. The molecule has 4 aromatic rings. The third kappa shape index (κ3) is 4.34. The van der Waals surface area contributed by atoms with E-state index >= 15 is 0 Å². The first-order chi connectivity index (χ1) is 14.0. The lowest BCUT2D eigenvalue weighted by Crippen LogP contribution is -2.29. The van der Waals surface area contributed by atoms with E-state index in [1.54, 1.807) is 6.07 Å². The van der Waals surface area contributed by atoms with E-state index in [0.717, 1.165) is 11.1 Å². The van der Waals surface area contributed by atoms with Gasteiger partial charge in [0.2, 0.25) is 0 Å². The normalized spacial score (nSPS) is 12.1. The Balaban J connectivity index is 1.64. The van der Waals surface area contributed by atoms with Crippen LogP contribution >= 0.6 is 22.9 Å². The van der Waals surface area contributed by atoms with Crippen molar-refractivity contribution in [1.82, 2.24) is 5.32 Å². The summed E-state index contributed by atoms with van der Waals surface area (Å²) in [5.74, 6) is -0.596. The number of rotatable bonds is 5. The summed E-state index contributed by atoms with van der Waals surface area (Å²) < 4.78 is 14.2. The molecule has 1 aromatic heterocycles. The fourth-order valence-electron chi connectivity index (χ4n) is 3.31. The van der Waals surface area contributed by atoms with Crippen LogP contribution in [-0.4, -0.2) is 5.91 Å². The number of fused-ring (bicyclic) bond motifs is 1. The summed E-state index contributed by atoms with van der Waals surface area (Å²) >= 11 is 7.65. The Kier molecular flexibility index (Phi) is 5.65. The summed E-state index contributed by atoms with van der Waals surface area (Å²) in [7, 11) is 0. The van der Waals surface area contributed by atoms with Gasteiger partial charge in [0.15, 0.2) is 0 Å². The highest BCUT2D eigenvalue weighted by Crippen LogP contribution is 2.36. The second kappa shape index (κ2) is 8.36. The van der Waals surface area contributed by atoms with Gasteiger partial charge >= 0.3 is 0 Å². The molecule has 4 rings (SSSR count). The molecule has 1 N–H and O–H groups in total. The molecule has 1 amide bonds. The van der Waals surface area contributed by atoms with Crippen molar-refractivity contribution >= 4 is 38.9 Å². The summed E-state index contributed by atoms with van der Waals surface area (Å²) in [5.41, 5.74) is 3.34. The van der Waals surface area contributed by atoms with Gasteiger partial charge in [-0.2, -0.15) is 0 Å². The highest BCUT2D eigenvalue weighted by atomic mass is 35.5. The average Bonchev–Trinajstić information content (AvgIpc) is 3.05. The van der Waals surface area contributed by atoms with Gasteiger partial charge in [-0.15, -0.1) is 11.3 Å². The van der Waals surface area contributed by atoms with Gasteiger partial charge < -0.3 is 5.32 Å². The molecule has 0 aliphatic carbocycles. The van der Waals surface area contributed by atoms with Gasteiger partial charge in [-0.25, -0.2) is 4.39 Å². The largest absolute Gasteiger partial charge is 0.344 e. The smallest absolute Gasteiger partial charge is 0.263 e. The Labute approximate surface area is 178 Å². The van der Waals surface area contributed by atoms with E-state index in [1.807, 2.05) is 37.3 Å². The third-order valence-corrected chi connectivity index (χ3v) is 6.52. The van der Waals surface area contributed by atoms with E-state index < -0.39 is 0 Å². The molecule has 0 saturated heterocycles. The third-order valence-electron chi connectivity index (χ3n) is 4.87. The summed E-state index contributed by atoms with van der Waals surface area (Å²) in [6, 6.07) is 22.3. The van der Waals surface area contributed by atoms with Crippen LogP contribution in [0.25, 0.3) is 10.1 Å². The van der Waals surface area contributed by atoms with Gasteiger partial charge in [0, 0.05) is 10.1 Å². The average molecular weight is 424 g/mol. The van der Waals surface area contributed by atoms with Crippen LogP contribution < -0.4 is 5.32 Å². The van der Waals surface area contributed by atoms with Crippen LogP contribution in [0.1, 0.15) is 32.4 Å². The number of carbonyl (C=O) groups excluding carboxylic acids is 1. The molecule has 29 heavy (non-hydrogen) atoms. The zero-order chi connectivity index (χ0) is 20.4. The van der Waals surface area contributed by atoms with Gasteiger partial charge in [-0.3, -0.25) is 4.79 Å². The van der Waals surface area contributed by atoms with E-state index in [1.165, 1.54) is 29.0 Å². The number of carbonyl (C=O) groups is 1. The Morgan fingerprint density at radius 2 is 1.79 bits per heavy atom. The molecule has 0 bridgehead atoms. The van der Waals surface area contributed by atoms with Crippen LogP contribution in [0.15, 0.2) is 72.8 Å². The molecule has 2 nitrogen and oxygen atoms in total. The SMILES string of the molecule is Cc1ccc(C[C@@H](NC(=O)c2sc3cc(F)ccc3c2Cl)c2ccccc2)cc1. The van der Waals surface area contributed by atoms with Gasteiger partial charge in [0.05, 0.1) is 11.1 Å². The molecule has 0 aliphatic rings. The Hall–Kier alpha value is -2.69. The Bertz CT molecular complexity index is 1150. The fraction of sp³-hybridized carbons (Fsp3) is 0.125. The topological polar surface area (TPSA) is 29.1 Å². The predicted octanol–water partition coefficient (Wildman–Crippen LogP) is 6.72. The Morgan fingerprint density at radius 1 is 1.07 bits per heavy atom. The van der Waals surface area contributed by atoms with E-state index in [9.17, 15) is 9.18 Å². The van der Waals surface area contributed by atoms with Crippen LogP contribution in [0.4, 0.5) is 4.39 Å². The first-order valence-corrected chi connectivity index (χ1v) is 10.5. The lowest BCUT2D eigenvalue weighted by Gasteiger charge is -2.19. The van der Waals surface area contributed by atoms with Crippen molar-refractivity contribution < 1.29 is 9.18 Å². The molecule has 5 heteroatoms. The van der Waals surface area contributed by atoms with Gasteiger partial charge in [0.1, 0.15) is 10.7 Å². The number of hydrogen-bond acceptors (Lipinski definition) is 2. The maximum absolute atomic E-state index is 13.5. The number of halogens is 2. The highest BCUT2D eigenvalue weighted by Gasteiger charge is 2.21. The van der Waals surface area contributed by atoms with Crippen LogP contribution in [0.3, 0.4) is 0 Å². The minimum atomic E-state index is -0.344. The van der Waals surface area contributed by atoms with Crippen molar-refractivity contribution in [2.75, 3.05) is 0 Å². The van der Waals surface area contributed by atoms with Crippen molar-refractivity contribution in [1.29, 1.82) is 0 Å². The van der Waals surface area contributed by atoms with E-state index in [2.05, 4.69) is 29.6 Å². The quantitative estimate of drug-likeness (QED) is 0.379. The van der Waals surface area contributed by atoms with Crippen molar-refractivity contribution in [3.05, 3.63) is 105 Å². The molecule has 146 valence electrons. The van der Waals surface area contributed by atoms with Gasteiger partial charge in [-0.05, 0) is 42.7 Å². The zero-order valence-electron chi connectivity index (χ0n) is 15.8. The standard InChI is InChI=1S/C24H19ClFNOS/c1-15-7-9-16(10-8-15)13-20(17-5-3-2-4-6-17)27-24(28)23-22(25)19-12-11-18(26)14-21(19)29-23/h2-12,14,20H,13H2,1H3,(H,27,28)/t20-/m1/s1. The zero-order valence-corrected chi connectivity index (χ0v) is 17.4. The van der Waals surface area contributed by atoms with Crippen LogP contribution in [0.2, 0.25) is 5.02 Å². The second-order valence-electron chi connectivity index (χ2n) is 7.01. The predicted molar refractivity (Wildman–Crippen MR) is 118 cm³/mol. The second-order valence-corrected chi connectivity index (χ2v) is 8.44.